The number of amides is 2. The predicted molar refractivity (Wildman–Crippen MR) is 105 cm³/mol. The van der Waals surface area contributed by atoms with Gasteiger partial charge in [-0.05, 0) is 73.8 Å². The summed E-state index contributed by atoms with van der Waals surface area (Å²) in [5, 5.41) is 5.30. The lowest BCUT2D eigenvalue weighted by Crippen LogP contribution is -3.11. The molecular weight excluding hydrogens is 395 g/mol. The Kier molecular flexibility index (Phi) is 5.79. The SMILES string of the molecule is C[NH+](CC(=O)NCC12CC3CC(CC(C3)C1)C2)CC(=O)Nc1ccc(F)c(F)c1F. The molecule has 1 aromatic rings. The molecule has 4 aliphatic carbocycles. The Morgan fingerprint density at radius 2 is 1.53 bits per heavy atom. The van der Waals surface area contributed by atoms with E-state index in [2.05, 4.69) is 10.6 Å². The zero-order valence-corrected chi connectivity index (χ0v) is 17.2. The average Bonchev–Trinajstić information content (AvgIpc) is 2.66. The molecule has 1 atom stereocenters. The van der Waals surface area contributed by atoms with E-state index < -0.39 is 29.0 Å². The van der Waals surface area contributed by atoms with Crippen molar-refractivity contribution in [1.82, 2.24) is 5.32 Å². The van der Waals surface area contributed by atoms with Gasteiger partial charge in [0.1, 0.15) is 0 Å². The third kappa shape index (κ3) is 4.48. The second-order valence-corrected chi connectivity index (χ2v) is 9.78. The van der Waals surface area contributed by atoms with Crippen LogP contribution in [-0.4, -0.2) is 38.5 Å². The van der Waals surface area contributed by atoms with Gasteiger partial charge in [0, 0.05) is 6.54 Å². The van der Waals surface area contributed by atoms with Crippen molar-refractivity contribution in [2.24, 2.45) is 23.2 Å². The molecule has 3 N–H and O–H groups in total. The first kappa shape index (κ1) is 21.2. The lowest BCUT2D eigenvalue weighted by Gasteiger charge is -2.56. The zero-order chi connectivity index (χ0) is 21.5. The predicted octanol–water partition coefficient (Wildman–Crippen LogP) is 1.89. The fourth-order valence-corrected chi connectivity index (χ4v) is 6.28. The maximum atomic E-state index is 13.7. The highest BCUT2D eigenvalue weighted by Gasteiger charge is 2.50. The van der Waals surface area contributed by atoms with Gasteiger partial charge in [-0.3, -0.25) is 9.59 Å². The molecule has 4 aliphatic rings. The van der Waals surface area contributed by atoms with Crippen LogP contribution in [0.25, 0.3) is 0 Å². The molecule has 4 fully saturated rings. The van der Waals surface area contributed by atoms with Gasteiger partial charge in [0.05, 0.1) is 12.7 Å². The molecule has 164 valence electrons. The number of halogens is 3. The molecule has 5 nitrogen and oxygen atoms in total. The molecule has 1 unspecified atom stereocenters. The van der Waals surface area contributed by atoms with Crippen molar-refractivity contribution < 1.29 is 27.7 Å². The molecule has 2 amide bonds. The van der Waals surface area contributed by atoms with Gasteiger partial charge in [-0.1, -0.05) is 0 Å². The first-order valence-electron chi connectivity index (χ1n) is 10.7. The molecule has 0 spiro atoms. The first-order chi connectivity index (χ1) is 14.2. The second-order valence-electron chi connectivity index (χ2n) is 9.78. The zero-order valence-electron chi connectivity index (χ0n) is 17.2. The Hall–Kier alpha value is -2.09. The van der Waals surface area contributed by atoms with Gasteiger partial charge in [0.2, 0.25) is 0 Å². The normalized spacial score (nSPS) is 30.2. The Labute approximate surface area is 174 Å². The summed E-state index contributed by atoms with van der Waals surface area (Å²) >= 11 is 0. The van der Waals surface area contributed by atoms with E-state index in [0.29, 0.717) is 11.4 Å². The van der Waals surface area contributed by atoms with Gasteiger partial charge in [-0.15, -0.1) is 0 Å². The molecule has 0 heterocycles. The summed E-state index contributed by atoms with van der Waals surface area (Å²) in [4.78, 5) is 25.1. The number of rotatable bonds is 7. The van der Waals surface area contributed by atoms with Crippen molar-refractivity contribution in [2.45, 2.75) is 38.5 Å². The molecule has 4 saturated carbocycles. The Morgan fingerprint density at radius 1 is 0.967 bits per heavy atom. The first-order valence-corrected chi connectivity index (χ1v) is 10.7. The third-order valence-corrected chi connectivity index (χ3v) is 7.06. The lowest BCUT2D eigenvalue weighted by molar-refractivity contribution is -0.862. The number of carbonyl (C=O) groups is 2. The van der Waals surface area contributed by atoms with Crippen LogP contribution in [-0.2, 0) is 9.59 Å². The number of benzene rings is 1. The molecule has 1 aromatic carbocycles. The fraction of sp³-hybridized carbons (Fsp3) is 0.636. The largest absolute Gasteiger partial charge is 0.351 e. The standard InChI is InChI=1S/C22H28F3N3O2/c1-28(11-19(30)27-17-3-2-16(23)20(24)21(17)25)10-18(29)26-12-22-7-13-4-14(8-22)6-15(5-13)9-22/h2-3,13-15H,4-12H2,1H3,(H,26,29)(H,27,30)/p+1. The highest BCUT2D eigenvalue weighted by atomic mass is 19.2. The van der Waals surface area contributed by atoms with Crippen molar-refractivity contribution in [1.29, 1.82) is 0 Å². The third-order valence-electron chi connectivity index (χ3n) is 7.06. The summed E-state index contributed by atoms with van der Waals surface area (Å²) in [7, 11) is 1.69. The molecule has 30 heavy (non-hydrogen) atoms. The Balaban J connectivity index is 1.23. The average molecular weight is 424 g/mol. The van der Waals surface area contributed by atoms with Crippen molar-refractivity contribution in [3.63, 3.8) is 0 Å². The van der Waals surface area contributed by atoms with E-state index in [1.807, 2.05) is 0 Å². The van der Waals surface area contributed by atoms with E-state index in [0.717, 1.165) is 29.9 Å². The summed E-state index contributed by atoms with van der Waals surface area (Å²) in [6, 6.07) is 1.72. The summed E-state index contributed by atoms with van der Waals surface area (Å²) < 4.78 is 39.9. The van der Waals surface area contributed by atoms with Crippen molar-refractivity contribution >= 4 is 17.5 Å². The summed E-state index contributed by atoms with van der Waals surface area (Å²) in [6.45, 7) is 0.720. The molecular formula is C22H29F3N3O2+. The quantitative estimate of drug-likeness (QED) is 0.586. The maximum Gasteiger partial charge on any atom is 0.279 e. The summed E-state index contributed by atoms with van der Waals surface area (Å²) in [5.74, 6) is -2.61. The van der Waals surface area contributed by atoms with Crippen LogP contribution < -0.4 is 15.5 Å². The Bertz CT molecular complexity index is 810. The highest BCUT2D eigenvalue weighted by molar-refractivity contribution is 5.91. The van der Waals surface area contributed by atoms with E-state index in [1.54, 1.807) is 7.05 Å². The van der Waals surface area contributed by atoms with Crippen molar-refractivity contribution in [3.05, 3.63) is 29.6 Å². The lowest BCUT2D eigenvalue weighted by atomic mass is 9.49. The van der Waals surface area contributed by atoms with E-state index in [4.69, 9.17) is 0 Å². The van der Waals surface area contributed by atoms with Crippen LogP contribution in [0.4, 0.5) is 18.9 Å². The van der Waals surface area contributed by atoms with Gasteiger partial charge >= 0.3 is 0 Å². The van der Waals surface area contributed by atoms with E-state index in [1.165, 1.54) is 38.5 Å². The number of quaternary nitrogens is 1. The summed E-state index contributed by atoms with van der Waals surface area (Å²) in [6.07, 6.45) is 7.70. The van der Waals surface area contributed by atoms with Crippen LogP contribution in [0.2, 0.25) is 0 Å². The highest BCUT2D eigenvalue weighted by Crippen LogP contribution is 2.59. The van der Waals surface area contributed by atoms with Crippen LogP contribution in [0.1, 0.15) is 38.5 Å². The van der Waals surface area contributed by atoms with Gasteiger partial charge in [-0.2, -0.15) is 0 Å². The van der Waals surface area contributed by atoms with Gasteiger partial charge < -0.3 is 15.5 Å². The van der Waals surface area contributed by atoms with E-state index in [-0.39, 0.29) is 24.4 Å². The second kappa shape index (κ2) is 8.21. The molecule has 5 rings (SSSR count). The molecule has 0 saturated heterocycles. The van der Waals surface area contributed by atoms with Crippen LogP contribution in [0.3, 0.4) is 0 Å². The number of likely N-dealkylation sites (N-methyl/N-ethyl adjacent to an activating group) is 1. The summed E-state index contributed by atoms with van der Waals surface area (Å²) in [5.41, 5.74) is -0.169. The van der Waals surface area contributed by atoms with Crippen molar-refractivity contribution in [2.75, 3.05) is 32.0 Å². The monoisotopic (exact) mass is 424 g/mol. The Morgan fingerprint density at radius 3 is 2.13 bits per heavy atom. The number of anilines is 1. The van der Waals surface area contributed by atoms with E-state index in [9.17, 15) is 22.8 Å². The van der Waals surface area contributed by atoms with Gasteiger partial charge in [0.25, 0.3) is 11.8 Å². The number of carbonyl (C=O) groups excluding carboxylic acids is 2. The number of hydrogen-bond donors (Lipinski definition) is 3. The van der Waals surface area contributed by atoms with Crippen LogP contribution in [0, 0.1) is 40.6 Å². The van der Waals surface area contributed by atoms with E-state index >= 15 is 0 Å². The smallest absolute Gasteiger partial charge is 0.279 e. The number of hydrogen-bond acceptors (Lipinski definition) is 2. The molecule has 0 radical (unpaired) electrons. The molecule has 0 aromatic heterocycles. The van der Waals surface area contributed by atoms with Crippen LogP contribution in [0.15, 0.2) is 12.1 Å². The molecule has 8 heteroatoms. The number of nitrogens with one attached hydrogen (secondary N) is 3. The minimum absolute atomic E-state index is 0.0940. The van der Waals surface area contributed by atoms with Crippen molar-refractivity contribution in [3.8, 4) is 0 Å². The van der Waals surface area contributed by atoms with Gasteiger partial charge in [0.15, 0.2) is 30.5 Å². The minimum atomic E-state index is -1.63. The minimum Gasteiger partial charge on any atom is -0.351 e. The maximum absolute atomic E-state index is 13.7. The topological polar surface area (TPSA) is 62.6 Å². The van der Waals surface area contributed by atoms with Crippen LogP contribution in [0.5, 0.6) is 0 Å². The fourth-order valence-electron chi connectivity index (χ4n) is 6.28. The molecule has 4 bridgehead atoms. The van der Waals surface area contributed by atoms with Gasteiger partial charge in [-0.25, -0.2) is 13.2 Å². The molecule has 0 aliphatic heterocycles. The van der Waals surface area contributed by atoms with Crippen LogP contribution >= 0.6 is 0 Å².